The number of hydrogen-bond acceptors (Lipinski definition) is 4. The number of rotatable bonds is 2. The van der Waals surface area contributed by atoms with Crippen molar-refractivity contribution < 1.29 is 17.9 Å². The highest BCUT2D eigenvalue weighted by Crippen LogP contribution is 2.40. The molecule has 1 unspecified atom stereocenters. The molecule has 0 saturated carbocycles. The summed E-state index contributed by atoms with van der Waals surface area (Å²) >= 11 is 0. The van der Waals surface area contributed by atoms with Crippen LogP contribution in [0.3, 0.4) is 0 Å². The number of aryl methyl sites for hydroxylation is 1. The van der Waals surface area contributed by atoms with Crippen molar-refractivity contribution in [2.24, 2.45) is 0 Å². The maximum atomic E-state index is 12.9. The predicted molar refractivity (Wildman–Crippen MR) is 93.3 cm³/mol. The standard InChI is InChI=1S/C19H19NO4S/c1-14-6-8-15(9-7-14)25(22,23)20-11-10-19(13-20)12-17(21)16-4-2-3-5-18(16)24-19/h2-9H,10-13H2,1H3. The highest BCUT2D eigenvalue weighted by Gasteiger charge is 2.48. The summed E-state index contributed by atoms with van der Waals surface area (Å²) < 4.78 is 33.3. The van der Waals surface area contributed by atoms with Crippen molar-refractivity contribution in [1.29, 1.82) is 0 Å². The summed E-state index contributed by atoms with van der Waals surface area (Å²) in [5.41, 5.74) is 0.825. The first-order valence-corrected chi connectivity index (χ1v) is 9.72. The minimum absolute atomic E-state index is 0.0106. The summed E-state index contributed by atoms with van der Waals surface area (Å²) in [7, 11) is -3.58. The topological polar surface area (TPSA) is 63.7 Å². The van der Waals surface area contributed by atoms with E-state index in [1.165, 1.54) is 4.31 Å². The average Bonchev–Trinajstić information content (AvgIpc) is 2.99. The Kier molecular flexibility index (Phi) is 3.70. The largest absolute Gasteiger partial charge is 0.485 e. The molecule has 2 heterocycles. The van der Waals surface area contributed by atoms with Gasteiger partial charge in [0.05, 0.1) is 23.4 Å². The van der Waals surface area contributed by atoms with E-state index in [1.807, 2.05) is 13.0 Å². The Morgan fingerprint density at radius 1 is 1.08 bits per heavy atom. The SMILES string of the molecule is Cc1ccc(S(=O)(=O)N2CCC3(CC(=O)c4ccccc4O3)C2)cc1. The van der Waals surface area contributed by atoms with Gasteiger partial charge in [0, 0.05) is 13.0 Å². The Bertz CT molecular complexity index is 936. The first-order chi connectivity index (χ1) is 11.9. The highest BCUT2D eigenvalue weighted by molar-refractivity contribution is 7.89. The van der Waals surface area contributed by atoms with Crippen LogP contribution in [0.5, 0.6) is 5.75 Å². The number of benzene rings is 2. The van der Waals surface area contributed by atoms with Gasteiger partial charge in [-0.1, -0.05) is 29.8 Å². The first kappa shape index (κ1) is 16.3. The third kappa shape index (κ3) is 2.75. The maximum absolute atomic E-state index is 12.9. The molecule has 1 saturated heterocycles. The number of nitrogens with zero attached hydrogens (tertiary/aromatic N) is 1. The van der Waals surface area contributed by atoms with Gasteiger partial charge in [-0.05, 0) is 31.2 Å². The van der Waals surface area contributed by atoms with E-state index in [1.54, 1.807) is 42.5 Å². The average molecular weight is 357 g/mol. The van der Waals surface area contributed by atoms with Crippen LogP contribution in [0.25, 0.3) is 0 Å². The molecule has 25 heavy (non-hydrogen) atoms. The molecule has 130 valence electrons. The molecule has 0 bridgehead atoms. The molecule has 5 nitrogen and oxygen atoms in total. The van der Waals surface area contributed by atoms with Crippen LogP contribution in [0.4, 0.5) is 0 Å². The van der Waals surface area contributed by atoms with E-state index >= 15 is 0 Å². The zero-order valence-corrected chi connectivity index (χ0v) is 14.8. The molecule has 1 spiro atoms. The van der Waals surface area contributed by atoms with Crippen molar-refractivity contribution in [1.82, 2.24) is 4.31 Å². The fourth-order valence-corrected chi connectivity index (χ4v) is 5.06. The highest BCUT2D eigenvalue weighted by atomic mass is 32.2. The Morgan fingerprint density at radius 3 is 2.56 bits per heavy atom. The zero-order valence-electron chi connectivity index (χ0n) is 13.9. The fraction of sp³-hybridized carbons (Fsp3) is 0.316. The Hall–Kier alpha value is -2.18. The molecular formula is C19H19NO4S. The minimum Gasteiger partial charge on any atom is -0.485 e. The van der Waals surface area contributed by atoms with E-state index < -0.39 is 15.6 Å². The van der Waals surface area contributed by atoms with Crippen LogP contribution in [0.15, 0.2) is 53.4 Å². The number of sulfonamides is 1. The maximum Gasteiger partial charge on any atom is 0.243 e. The number of hydrogen-bond donors (Lipinski definition) is 0. The van der Waals surface area contributed by atoms with E-state index in [9.17, 15) is 13.2 Å². The molecule has 2 aromatic rings. The second-order valence-corrected chi connectivity index (χ2v) is 8.72. The van der Waals surface area contributed by atoms with Crippen molar-refractivity contribution in [3.63, 3.8) is 0 Å². The second-order valence-electron chi connectivity index (χ2n) is 6.78. The van der Waals surface area contributed by atoms with Crippen molar-refractivity contribution in [2.45, 2.75) is 30.3 Å². The quantitative estimate of drug-likeness (QED) is 0.829. The molecule has 2 aromatic carbocycles. The van der Waals surface area contributed by atoms with Gasteiger partial charge in [0.25, 0.3) is 0 Å². The lowest BCUT2D eigenvalue weighted by atomic mass is 9.89. The van der Waals surface area contributed by atoms with Gasteiger partial charge in [0.15, 0.2) is 5.78 Å². The van der Waals surface area contributed by atoms with Crippen LogP contribution in [0.2, 0.25) is 0 Å². The number of carbonyl (C=O) groups is 1. The van der Waals surface area contributed by atoms with Gasteiger partial charge >= 0.3 is 0 Å². The number of carbonyl (C=O) groups excluding carboxylic acids is 1. The smallest absolute Gasteiger partial charge is 0.243 e. The lowest BCUT2D eigenvalue weighted by molar-refractivity contribution is 0.0498. The Balaban J connectivity index is 1.61. The van der Waals surface area contributed by atoms with Crippen molar-refractivity contribution in [3.05, 3.63) is 59.7 Å². The van der Waals surface area contributed by atoms with Gasteiger partial charge in [-0.3, -0.25) is 4.79 Å². The Morgan fingerprint density at radius 2 is 1.80 bits per heavy atom. The molecular weight excluding hydrogens is 338 g/mol. The van der Waals surface area contributed by atoms with Crippen LogP contribution in [0, 0.1) is 6.92 Å². The van der Waals surface area contributed by atoms with E-state index in [-0.39, 0.29) is 23.6 Å². The van der Waals surface area contributed by atoms with Crippen LogP contribution < -0.4 is 4.74 Å². The summed E-state index contributed by atoms with van der Waals surface area (Å²) in [6, 6.07) is 14.0. The Labute approximate surface area is 147 Å². The second kappa shape index (κ2) is 5.68. The van der Waals surface area contributed by atoms with Gasteiger partial charge < -0.3 is 4.74 Å². The van der Waals surface area contributed by atoms with E-state index in [2.05, 4.69) is 0 Å². The number of ether oxygens (including phenoxy) is 1. The third-order valence-corrected chi connectivity index (χ3v) is 6.80. The molecule has 6 heteroatoms. The number of ketones is 1. The minimum atomic E-state index is -3.58. The van der Waals surface area contributed by atoms with Crippen LogP contribution >= 0.6 is 0 Å². The van der Waals surface area contributed by atoms with Crippen LogP contribution in [0.1, 0.15) is 28.8 Å². The monoisotopic (exact) mass is 357 g/mol. The van der Waals surface area contributed by atoms with Gasteiger partial charge in [0.2, 0.25) is 10.0 Å². The van der Waals surface area contributed by atoms with Crippen LogP contribution in [-0.2, 0) is 10.0 Å². The first-order valence-electron chi connectivity index (χ1n) is 8.28. The van der Waals surface area contributed by atoms with Gasteiger partial charge in [0.1, 0.15) is 11.4 Å². The van der Waals surface area contributed by atoms with Gasteiger partial charge in [-0.25, -0.2) is 8.42 Å². The van der Waals surface area contributed by atoms with E-state index in [4.69, 9.17) is 4.74 Å². The number of para-hydroxylation sites is 1. The summed E-state index contributed by atoms with van der Waals surface area (Å²) in [5, 5.41) is 0. The molecule has 0 radical (unpaired) electrons. The summed E-state index contributed by atoms with van der Waals surface area (Å²) in [5.74, 6) is 0.560. The van der Waals surface area contributed by atoms with Crippen LogP contribution in [-0.4, -0.2) is 37.2 Å². The van der Waals surface area contributed by atoms with Crippen molar-refractivity contribution >= 4 is 15.8 Å². The molecule has 4 rings (SSSR count). The lowest BCUT2D eigenvalue weighted by Gasteiger charge is -2.34. The molecule has 0 aliphatic carbocycles. The lowest BCUT2D eigenvalue weighted by Crippen LogP contribution is -2.45. The molecule has 0 N–H and O–H groups in total. The molecule has 0 amide bonds. The van der Waals surface area contributed by atoms with Gasteiger partial charge in [-0.15, -0.1) is 0 Å². The summed E-state index contributed by atoms with van der Waals surface area (Å²) in [4.78, 5) is 12.7. The number of Topliss-reactive ketones (excluding diaryl/α,β-unsaturated/α-hetero) is 1. The molecule has 2 aliphatic rings. The normalized spacial score (nSPS) is 23.5. The molecule has 1 atom stereocenters. The molecule has 1 fully saturated rings. The van der Waals surface area contributed by atoms with Crippen molar-refractivity contribution in [3.8, 4) is 5.75 Å². The summed E-state index contributed by atoms with van der Waals surface area (Å²) in [6.07, 6.45) is 0.724. The van der Waals surface area contributed by atoms with E-state index in [0.29, 0.717) is 24.3 Å². The summed E-state index contributed by atoms with van der Waals surface area (Å²) in [6.45, 7) is 2.47. The fourth-order valence-electron chi connectivity index (χ4n) is 3.54. The predicted octanol–water partition coefficient (Wildman–Crippen LogP) is 2.79. The van der Waals surface area contributed by atoms with E-state index in [0.717, 1.165) is 5.56 Å². The number of fused-ring (bicyclic) bond motifs is 1. The van der Waals surface area contributed by atoms with Gasteiger partial charge in [-0.2, -0.15) is 4.31 Å². The third-order valence-electron chi connectivity index (χ3n) is 4.94. The zero-order chi connectivity index (χ0) is 17.7. The molecule has 2 aliphatic heterocycles. The molecule has 0 aromatic heterocycles. The van der Waals surface area contributed by atoms with Crippen molar-refractivity contribution in [2.75, 3.05) is 13.1 Å².